The number of ether oxygens (including phenoxy) is 1. The molecule has 1 amide bonds. The molecule has 16 heteroatoms. The maximum atomic E-state index is 13.5. The van der Waals surface area contributed by atoms with Gasteiger partial charge in [-0.15, -0.1) is 0 Å². The Bertz CT molecular complexity index is 1530. The zero-order valence-corrected chi connectivity index (χ0v) is 30.0. The lowest BCUT2D eigenvalue weighted by molar-refractivity contribution is -0.387. The number of hydrogen-bond donors (Lipinski definition) is 1. The molecule has 44 heavy (non-hydrogen) atoms. The lowest BCUT2D eigenvalue weighted by atomic mass is 10.2. The van der Waals surface area contributed by atoms with Crippen LogP contribution in [0.1, 0.15) is 64.7 Å². The Hall–Kier alpha value is -2.64. The SMILES string of the molecule is CC(C)(C)[Si](C)(C)OC[C@H]1O[C@@H](n2cnc3c2NCN(S(=O)(=O)c2ccccc2[N+](=O)[O-])C3=O)C[C@@H]1O[Si](C)(C)C(C)(C)C. The molecule has 13 nitrogen and oxygen atoms in total. The van der Waals surface area contributed by atoms with E-state index >= 15 is 0 Å². The molecule has 3 atom stereocenters. The molecule has 1 saturated heterocycles. The molecule has 0 bridgehead atoms. The molecule has 4 rings (SSSR count). The number of imidazole rings is 1. The lowest BCUT2D eigenvalue weighted by Crippen LogP contribution is -2.48. The number of anilines is 1. The van der Waals surface area contributed by atoms with Crippen molar-refractivity contribution in [1.82, 2.24) is 13.9 Å². The summed E-state index contributed by atoms with van der Waals surface area (Å²) in [6, 6.07) is 4.92. The molecule has 0 saturated carbocycles. The summed E-state index contributed by atoms with van der Waals surface area (Å²) in [7, 11) is -8.83. The number of sulfonamides is 1. The van der Waals surface area contributed by atoms with Crippen LogP contribution in [0.15, 0.2) is 35.5 Å². The fourth-order valence-electron chi connectivity index (χ4n) is 4.59. The third-order valence-corrected chi connectivity index (χ3v) is 20.2. The second-order valence-corrected chi connectivity index (χ2v) is 25.8. The zero-order chi connectivity index (χ0) is 33.0. The first-order valence-electron chi connectivity index (χ1n) is 14.7. The van der Waals surface area contributed by atoms with Gasteiger partial charge < -0.3 is 18.9 Å². The van der Waals surface area contributed by atoms with Crippen LogP contribution in [0.5, 0.6) is 0 Å². The number of nitrogens with zero attached hydrogens (tertiary/aromatic N) is 4. The average Bonchev–Trinajstić information content (AvgIpc) is 3.50. The molecule has 0 aliphatic carbocycles. The summed E-state index contributed by atoms with van der Waals surface area (Å²) >= 11 is 0. The van der Waals surface area contributed by atoms with E-state index in [9.17, 15) is 23.3 Å². The number of aromatic nitrogens is 2. The Labute approximate surface area is 261 Å². The van der Waals surface area contributed by atoms with Crippen molar-refractivity contribution >= 4 is 44.1 Å². The van der Waals surface area contributed by atoms with Gasteiger partial charge in [0.2, 0.25) is 0 Å². The maximum absolute atomic E-state index is 13.5. The van der Waals surface area contributed by atoms with E-state index in [-0.39, 0.29) is 28.0 Å². The van der Waals surface area contributed by atoms with Gasteiger partial charge in [-0.2, -0.15) is 0 Å². The van der Waals surface area contributed by atoms with Crippen LogP contribution >= 0.6 is 0 Å². The van der Waals surface area contributed by atoms with Gasteiger partial charge in [-0.25, -0.2) is 17.7 Å². The van der Waals surface area contributed by atoms with E-state index in [0.29, 0.717) is 23.2 Å². The molecule has 244 valence electrons. The van der Waals surface area contributed by atoms with Gasteiger partial charge in [0.1, 0.15) is 24.8 Å². The molecule has 2 aliphatic heterocycles. The Morgan fingerprint density at radius 3 is 2.30 bits per heavy atom. The molecule has 1 fully saturated rings. The number of rotatable bonds is 9. The first-order chi connectivity index (χ1) is 20.1. The number of hydrogen-bond acceptors (Lipinski definition) is 10. The molecular weight excluding hydrogens is 623 g/mol. The molecule has 0 spiro atoms. The Morgan fingerprint density at radius 1 is 1.09 bits per heavy atom. The summed E-state index contributed by atoms with van der Waals surface area (Å²) in [5, 5.41) is 14.5. The number of fused-ring (bicyclic) bond motifs is 1. The van der Waals surface area contributed by atoms with E-state index in [1.807, 2.05) is 0 Å². The van der Waals surface area contributed by atoms with E-state index < -0.39 is 61.0 Å². The fraction of sp³-hybridized carbons (Fsp3) is 0.643. The summed E-state index contributed by atoms with van der Waals surface area (Å²) in [5.74, 6) is -0.577. The summed E-state index contributed by atoms with van der Waals surface area (Å²) in [6.45, 7) is 21.8. The lowest BCUT2D eigenvalue weighted by Gasteiger charge is -2.40. The van der Waals surface area contributed by atoms with Crippen molar-refractivity contribution in [2.24, 2.45) is 0 Å². The third kappa shape index (κ3) is 6.37. The first kappa shape index (κ1) is 34.2. The summed E-state index contributed by atoms with van der Waals surface area (Å²) in [5.41, 5.74) is -0.737. The number of carbonyl (C=O) groups is 1. The van der Waals surface area contributed by atoms with Crippen LogP contribution in [-0.2, 0) is 23.6 Å². The normalized spacial score (nSPS) is 21.7. The average molecular weight is 668 g/mol. The topological polar surface area (TPSA) is 155 Å². The van der Waals surface area contributed by atoms with Crippen LogP contribution in [0.3, 0.4) is 0 Å². The van der Waals surface area contributed by atoms with Gasteiger partial charge in [-0.05, 0) is 42.3 Å². The smallest absolute Gasteiger partial charge is 0.291 e. The Kier molecular flexibility index (Phi) is 9.04. The van der Waals surface area contributed by atoms with Gasteiger partial charge in [-0.3, -0.25) is 19.5 Å². The predicted octanol–water partition coefficient (Wildman–Crippen LogP) is 5.71. The number of para-hydroxylation sites is 1. The van der Waals surface area contributed by atoms with Crippen LogP contribution in [-0.4, -0.2) is 75.2 Å². The minimum absolute atomic E-state index is 0.0148. The quantitative estimate of drug-likeness (QED) is 0.200. The van der Waals surface area contributed by atoms with Gasteiger partial charge >= 0.3 is 0 Å². The number of benzene rings is 1. The zero-order valence-electron chi connectivity index (χ0n) is 27.2. The molecule has 0 unspecified atom stereocenters. The van der Waals surface area contributed by atoms with Crippen LogP contribution in [0.25, 0.3) is 0 Å². The minimum Gasteiger partial charge on any atom is -0.414 e. The molecule has 2 aliphatic rings. The van der Waals surface area contributed by atoms with Crippen LogP contribution in [0.4, 0.5) is 11.5 Å². The number of carbonyl (C=O) groups excluding carboxylic acids is 1. The molecule has 3 heterocycles. The van der Waals surface area contributed by atoms with E-state index in [1.165, 1.54) is 18.5 Å². The molecule has 1 aromatic heterocycles. The van der Waals surface area contributed by atoms with Gasteiger partial charge in [0, 0.05) is 12.5 Å². The summed E-state index contributed by atoms with van der Waals surface area (Å²) in [4.78, 5) is 27.9. The van der Waals surface area contributed by atoms with Crippen LogP contribution < -0.4 is 5.32 Å². The van der Waals surface area contributed by atoms with Gasteiger partial charge in [0.15, 0.2) is 27.2 Å². The highest BCUT2D eigenvalue weighted by Crippen LogP contribution is 2.43. The van der Waals surface area contributed by atoms with Crippen molar-refractivity contribution in [2.75, 3.05) is 18.6 Å². The Balaban J connectivity index is 1.61. The van der Waals surface area contributed by atoms with Crippen molar-refractivity contribution in [3.63, 3.8) is 0 Å². The molecule has 1 aromatic carbocycles. The highest BCUT2D eigenvalue weighted by Gasteiger charge is 2.48. The summed E-state index contributed by atoms with van der Waals surface area (Å²) in [6.07, 6.45) is 0.749. The van der Waals surface area contributed by atoms with Gasteiger partial charge in [0.05, 0.1) is 24.0 Å². The van der Waals surface area contributed by atoms with Crippen LogP contribution in [0.2, 0.25) is 36.3 Å². The second kappa shape index (κ2) is 11.6. The minimum atomic E-state index is -4.55. The van der Waals surface area contributed by atoms with Crippen molar-refractivity contribution in [1.29, 1.82) is 0 Å². The third-order valence-electron chi connectivity index (χ3n) is 9.40. The predicted molar refractivity (Wildman–Crippen MR) is 171 cm³/mol. The van der Waals surface area contributed by atoms with Gasteiger partial charge in [0.25, 0.3) is 21.6 Å². The molecule has 0 radical (unpaired) electrons. The second-order valence-electron chi connectivity index (χ2n) is 14.4. The van der Waals surface area contributed by atoms with E-state index in [1.54, 1.807) is 4.57 Å². The highest BCUT2D eigenvalue weighted by atomic mass is 32.2. The standard InChI is InChI=1S/C28H45N5O8SSi2/c1-27(2,3)43(7,8)39-16-21-20(41-44(9,10)28(4,5)6)15-23(40-21)31-17-29-24-25(31)30-18-32(26(24)34)42(37,38)22-14-12-11-13-19(22)33(35)36/h11-14,17,20-21,23,30H,15-16,18H2,1-10H3/t20-,21+,23+/m0/s1. The number of amides is 1. The maximum Gasteiger partial charge on any atom is 0.291 e. The number of nitro groups is 1. The molecular formula is C28H45N5O8SSi2. The number of nitro benzene ring substituents is 1. The highest BCUT2D eigenvalue weighted by molar-refractivity contribution is 7.89. The van der Waals surface area contributed by atoms with Crippen molar-refractivity contribution in [3.05, 3.63) is 46.4 Å². The Morgan fingerprint density at radius 2 is 1.70 bits per heavy atom. The number of nitrogens with one attached hydrogen (secondary N) is 1. The summed E-state index contributed by atoms with van der Waals surface area (Å²) < 4.78 is 49.0. The van der Waals surface area contributed by atoms with Gasteiger partial charge in [-0.1, -0.05) is 53.7 Å². The van der Waals surface area contributed by atoms with E-state index in [4.69, 9.17) is 13.6 Å². The van der Waals surface area contributed by atoms with E-state index in [2.05, 4.69) is 78.0 Å². The van der Waals surface area contributed by atoms with E-state index in [0.717, 1.165) is 12.1 Å². The van der Waals surface area contributed by atoms with Crippen molar-refractivity contribution in [2.45, 2.75) is 108 Å². The molecule has 1 N–H and O–H groups in total. The van der Waals surface area contributed by atoms with Crippen LogP contribution in [0, 0.1) is 10.1 Å². The van der Waals surface area contributed by atoms with Crippen molar-refractivity contribution in [3.8, 4) is 0 Å². The fourth-order valence-corrected chi connectivity index (χ4v) is 8.40. The molecule has 2 aromatic rings. The largest absolute Gasteiger partial charge is 0.414 e. The first-order valence-corrected chi connectivity index (χ1v) is 21.9. The van der Waals surface area contributed by atoms with Crippen molar-refractivity contribution < 1.29 is 31.7 Å². The monoisotopic (exact) mass is 667 g/mol.